The summed E-state index contributed by atoms with van der Waals surface area (Å²) in [4.78, 5) is 37.0. The molecule has 1 aliphatic rings. The van der Waals surface area contributed by atoms with Crippen molar-refractivity contribution in [3.05, 3.63) is 41.6 Å². The average Bonchev–Trinajstić information content (AvgIpc) is 3.06. The van der Waals surface area contributed by atoms with Gasteiger partial charge in [0.05, 0.1) is 0 Å². The van der Waals surface area contributed by atoms with Crippen LogP contribution in [0.3, 0.4) is 0 Å². The van der Waals surface area contributed by atoms with E-state index >= 15 is 0 Å². The minimum Gasteiger partial charge on any atom is -0.451 e. The van der Waals surface area contributed by atoms with Crippen LogP contribution in [0.1, 0.15) is 25.3 Å². The van der Waals surface area contributed by atoms with Crippen molar-refractivity contribution in [1.82, 2.24) is 10.2 Å². The van der Waals surface area contributed by atoms with Gasteiger partial charge < -0.3 is 15.0 Å². The van der Waals surface area contributed by atoms with Crippen molar-refractivity contribution in [3.63, 3.8) is 0 Å². The number of benzene rings is 1. The van der Waals surface area contributed by atoms with Crippen LogP contribution >= 0.6 is 0 Å². The predicted octanol–water partition coefficient (Wildman–Crippen LogP) is 1.33. The molecule has 1 N–H and O–H groups in total. The van der Waals surface area contributed by atoms with Crippen LogP contribution in [-0.2, 0) is 19.1 Å². The summed E-state index contributed by atoms with van der Waals surface area (Å²) in [6.45, 7) is 2.40. The third kappa shape index (κ3) is 5.25. The van der Waals surface area contributed by atoms with E-state index in [0.29, 0.717) is 13.1 Å². The van der Waals surface area contributed by atoms with Crippen molar-refractivity contribution in [2.24, 2.45) is 0 Å². The van der Waals surface area contributed by atoms with Crippen molar-refractivity contribution in [1.29, 1.82) is 0 Å². The predicted molar refractivity (Wildman–Crippen MR) is 85.0 cm³/mol. The Morgan fingerprint density at radius 2 is 1.83 bits per heavy atom. The van der Waals surface area contributed by atoms with Crippen molar-refractivity contribution >= 4 is 23.9 Å². The lowest BCUT2D eigenvalue weighted by Gasteiger charge is -2.15. The topological polar surface area (TPSA) is 75.7 Å². The van der Waals surface area contributed by atoms with Gasteiger partial charge in [-0.05, 0) is 24.5 Å². The number of hydrogen-bond donors (Lipinski definition) is 1. The number of ether oxygens (including phenoxy) is 1. The van der Waals surface area contributed by atoms with Gasteiger partial charge in [-0.25, -0.2) is 4.79 Å². The fourth-order valence-electron chi connectivity index (χ4n) is 2.31. The van der Waals surface area contributed by atoms with E-state index in [-0.39, 0.29) is 24.1 Å². The first-order valence-electron chi connectivity index (χ1n) is 7.55. The molecular formula is C17H20N2O4. The molecule has 2 rings (SSSR count). The molecule has 6 nitrogen and oxygen atoms in total. The molecule has 0 aliphatic carbocycles. The second-order valence-electron chi connectivity index (χ2n) is 5.31. The molecule has 122 valence electrons. The lowest BCUT2D eigenvalue weighted by atomic mass is 10.2. The lowest BCUT2D eigenvalue weighted by molar-refractivity contribution is -0.149. The first kappa shape index (κ1) is 16.7. The number of amides is 2. The normalized spacial score (nSPS) is 14.5. The molecule has 1 heterocycles. The number of carbonyl (C=O) groups is 3. The number of carbonyl (C=O) groups excluding carboxylic acids is 3. The average molecular weight is 316 g/mol. The molecule has 1 aliphatic heterocycles. The molecule has 0 bridgehead atoms. The first-order chi connectivity index (χ1) is 11.1. The van der Waals surface area contributed by atoms with Gasteiger partial charge in [-0.3, -0.25) is 9.59 Å². The minimum atomic E-state index is -0.725. The monoisotopic (exact) mass is 316 g/mol. The highest BCUT2D eigenvalue weighted by molar-refractivity contribution is 5.98. The number of rotatable bonds is 5. The Bertz CT molecular complexity index is 604. The summed E-state index contributed by atoms with van der Waals surface area (Å²) in [6.07, 6.45) is 3.47. The van der Waals surface area contributed by atoms with Crippen molar-refractivity contribution < 1.29 is 19.1 Å². The minimum absolute atomic E-state index is 0.0120. The van der Waals surface area contributed by atoms with Gasteiger partial charge >= 0.3 is 5.97 Å². The number of nitrogens with zero attached hydrogens (tertiary/aromatic N) is 1. The second kappa shape index (κ2) is 8.12. The van der Waals surface area contributed by atoms with E-state index in [9.17, 15) is 14.4 Å². The summed E-state index contributed by atoms with van der Waals surface area (Å²) in [5.74, 6) is -1.32. The van der Waals surface area contributed by atoms with Gasteiger partial charge in [-0.1, -0.05) is 30.3 Å². The number of nitrogens with one attached hydrogen (secondary N) is 1. The highest BCUT2D eigenvalue weighted by Crippen LogP contribution is 2.09. The smallest absolute Gasteiger partial charge is 0.355 e. The van der Waals surface area contributed by atoms with E-state index < -0.39 is 5.97 Å². The van der Waals surface area contributed by atoms with Gasteiger partial charge in [0.1, 0.15) is 5.70 Å². The summed E-state index contributed by atoms with van der Waals surface area (Å²) in [6, 6.07) is 9.08. The van der Waals surface area contributed by atoms with E-state index in [1.807, 2.05) is 18.2 Å². The molecule has 2 amide bonds. The lowest BCUT2D eigenvalue weighted by Crippen LogP contribution is -2.33. The fourth-order valence-corrected chi connectivity index (χ4v) is 2.31. The zero-order valence-electron chi connectivity index (χ0n) is 13.1. The number of likely N-dealkylation sites (tertiary alicyclic amines) is 1. The summed E-state index contributed by atoms with van der Waals surface area (Å²) >= 11 is 0. The van der Waals surface area contributed by atoms with Gasteiger partial charge in [0, 0.05) is 20.0 Å². The molecule has 0 aromatic heterocycles. The first-order valence-corrected chi connectivity index (χ1v) is 7.55. The van der Waals surface area contributed by atoms with Crippen molar-refractivity contribution in [2.75, 3.05) is 19.7 Å². The summed E-state index contributed by atoms with van der Waals surface area (Å²) in [7, 11) is 0. The van der Waals surface area contributed by atoms with Gasteiger partial charge in [-0.15, -0.1) is 0 Å². The molecule has 23 heavy (non-hydrogen) atoms. The Hall–Kier alpha value is -2.63. The standard InChI is InChI=1S/C17H20N2O4/c1-13(20)18-15(11-14-7-3-2-4-8-14)17(22)23-12-16(21)19-9-5-6-10-19/h2-4,7-8,11H,5-6,9-10,12H2,1H3,(H,18,20)/b15-11-. The van der Waals surface area contributed by atoms with Crippen LogP contribution in [-0.4, -0.2) is 42.4 Å². The largest absolute Gasteiger partial charge is 0.451 e. The fraction of sp³-hybridized carbons (Fsp3) is 0.353. The van der Waals surface area contributed by atoms with E-state index in [4.69, 9.17) is 4.74 Å². The third-order valence-corrected chi connectivity index (χ3v) is 3.43. The Labute approximate surface area is 135 Å². The van der Waals surface area contributed by atoms with Crippen LogP contribution < -0.4 is 5.32 Å². The third-order valence-electron chi connectivity index (χ3n) is 3.43. The van der Waals surface area contributed by atoms with Crippen LogP contribution in [0.15, 0.2) is 36.0 Å². The van der Waals surface area contributed by atoms with Crippen LogP contribution in [0.25, 0.3) is 6.08 Å². The van der Waals surface area contributed by atoms with Crippen LogP contribution in [0, 0.1) is 0 Å². The van der Waals surface area contributed by atoms with Gasteiger partial charge in [0.15, 0.2) is 6.61 Å². The molecular weight excluding hydrogens is 296 g/mol. The molecule has 1 saturated heterocycles. The quantitative estimate of drug-likeness (QED) is 0.657. The molecule has 0 unspecified atom stereocenters. The zero-order chi connectivity index (χ0) is 16.7. The van der Waals surface area contributed by atoms with E-state index in [1.54, 1.807) is 17.0 Å². The molecule has 0 radical (unpaired) electrons. The molecule has 1 aromatic carbocycles. The Morgan fingerprint density at radius 3 is 2.43 bits per heavy atom. The van der Waals surface area contributed by atoms with Crippen LogP contribution in [0.5, 0.6) is 0 Å². The highest BCUT2D eigenvalue weighted by atomic mass is 16.5. The maximum absolute atomic E-state index is 12.1. The van der Waals surface area contributed by atoms with Crippen LogP contribution in [0.4, 0.5) is 0 Å². The Kier molecular flexibility index (Phi) is 5.91. The zero-order valence-corrected chi connectivity index (χ0v) is 13.1. The van der Waals surface area contributed by atoms with E-state index in [2.05, 4.69) is 5.32 Å². The SMILES string of the molecule is CC(=O)N/C(=C\c1ccccc1)C(=O)OCC(=O)N1CCCC1. The van der Waals surface area contributed by atoms with Gasteiger partial charge in [0.25, 0.3) is 5.91 Å². The summed E-state index contributed by atoms with van der Waals surface area (Å²) in [5.41, 5.74) is 0.761. The van der Waals surface area contributed by atoms with Gasteiger partial charge in [-0.2, -0.15) is 0 Å². The number of esters is 1. The van der Waals surface area contributed by atoms with E-state index in [1.165, 1.54) is 13.0 Å². The highest BCUT2D eigenvalue weighted by Gasteiger charge is 2.20. The Balaban J connectivity index is 2.00. The summed E-state index contributed by atoms with van der Waals surface area (Å²) < 4.78 is 5.04. The second-order valence-corrected chi connectivity index (χ2v) is 5.31. The maximum atomic E-state index is 12.1. The number of hydrogen-bond acceptors (Lipinski definition) is 4. The summed E-state index contributed by atoms with van der Waals surface area (Å²) in [5, 5.41) is 2.44. The molecule has 1 fully saturated rings. The van der Waals surface area contributed by atoms with Crippen molar-refractivity contribution in [2.45, 2.75) is 19.8 Å². The van der Waals surface area contributed by atoms with Crippen LogP contribution in [0.2, 0.25) is 0 Å². The Morgan fingerprint density at radius 1 is 1.17 bits per heavy atom. The molecule has 1 aromatic rings. The van der Waals surface area contributed by atoms with Crippen molar-refractivity contribution in [3.8, 4) is 0 Å². The molecule has 6 heteroatoms. The molecule has 0 atom stereocenters. The molecule has 0 saturated carbocycles. The molecule has 0 spiro atoms. The van der Waals surface area contributed by atoms with Gasteiger partial charge in [0.2, 0.25) is 5.91 Å². The maximum Gasteiger partial charge on any atom is 0.355 e. The van der Waals surface area contributed by atoms with E-state index in [0.717, 1.165) is 18.4 Å².